The van der Waals surface area contributed by atoms with Gasteiger partial charge in [-0.3, -0.25) is 9.35 Å². The Morgan fingerprint density at radius 2 is 1.93 bits per heavy atom. The highest BCUT2D eigenvalue weighted by molar-refractivity contribution is 7.99. The summed E-state index contributed by atoms with van der Waals surface area (Å²) in [6.07, 6.45) is 1.38. The van der Waals surface area contributed by atoms with E-state index in [-0.39, 0.29) is 16.7 Å². The van der Waals surface area contributed by atoms with Gasteiger partial charge in [0.05, 0.1) is 27.2 Å². The number of nitrogens with one attached hydrogen (secondary N) is 1. The molecule has 2 aliphatic rings. The van der Waals surface area contributed by atoms with Gasteiger partial charge < -0.3 is 19.9 Å². The van der Waals surface area contributed by atoms with Gasteiger partial charge in [0.2, 0.25) is 5.43 Å². The van der Waals surface area contributed by atoms with Crippen LogP contribution in [0.1, 0.15) is 17.3 Å². The number of nitrogens with zero attached hydrogens (tertiary/aromatic N) is 2. The molecule has 0 radical (unpaired) electrons. The predicted octanol–water partition coefficient (Wildman–Crippen LogP) is 1.25. The van der Waals surface area contributed by atoms with Crippen LogP contribution < -0.4 is 15.6 Å². The molecular weight excluding hydrogens is 437 g/mol. The molecule has 0 saturated carbocycles. The maximum absolute atomic E-state index is 14.8. The number of aromatic carboxylic acids is 1. The van der Waals surface area contributed by atoms with Gasteiger partial charge in [-0.2, -0.15) is 8.42 Å². The topological polar surface area (TPSA) is 129 Å². The number of hydrogen-bond donors (Lipinski definition) is 3. The van der Waals surface area contributed by atoms with E-state index in [2.05, 4.69) is 5.32 Å². The van der Waals surface area contributed by atoms with Crippen molar-refractivity contribution in [1.82, 2.24) is 9.88 Å². The van der Waals surface area contributed by atoms with E-state index < -0.39 is 27.3 Å². The summed E-state index contributed by atoms with van der Waals surface area (Å²) in [5.74, 6) is -1.23. The highest BCUT2D eigenvalue weighted by Crippen LogP contribution is 2.41. The van der Waals surface area contributed by atoms with Gasteiger partial charge in [-0.25, -0.2) is 9.18 Å². The van der Waals surface area contributed by atoms with Crippen molar-refractivity contribution in [1.29, 1.82) is 0 Å². The fraction of sp³-hybridized carbons (Fsp3) is 0.444. The summed E-state index contributed by atoms with van der Waals surface area (Å²) >= 11 is 1.53. The standard InChI is InChI=1S/C16H16FN3O3S.C2H6O3S/c17-11-7-9-12-15(13(11)19-3-1-18-2-4-19)24-6-5-20(12)8-10(14(9)21)16(22)23;1-2-6(3,4)5/h7-8,18H,1-6H2,(H,22,23);2H2,1H3,(H,3,4,5). The summed E-state index contributed by atoms with van der Waals surface area (Å²) in [6, 6.07) is 1.20. The largest absolute Gasteiger partial charge is 0.477 e. The molecule has 2 aromatic rings. The average Bonchev–Trinajstić information content (AvgIpc) is 2.70. The molecule has 0 spiro atoms. The number of carboxylic acid groups (broad SMARTS) is 1. The molecule has 2 aliphatic heterocycles. The van der Waals surface area contributed by atoms with E-state index in [0.717, 1.165) is 18.0 Å². The minimum Gasteiger partial charge on any atom is -0.477 e. The molecule has 1 aromatic heterocycles. The maximum atomic E-state index is 14.8. The van der Waals surface area contributed by atoms with Crippen LogP contribution >= 0.6 is 11.8 Å². The zero-order valence-electron chi connectivity index (χ0n) is 16.2. The maximum Gasteiger partial charge on any atom is 0.341 e. The lowest BCUT2D eigenvalue weighted by atomic mass is 10.1. The number of anilines is 1. The lowest BCUT2D eigenvalue weighted by Crippen LogP contribution is -2.44. The van der Waals surface area contributed by atoms with Crippen molar-refractivity contribution in [3.63, 3.8) is 0 Å². The number of benzene rings is 1. The smallest absolute Gasteiger partial charge is 0.341 e. The molecule has 1 aromatic carbocycles. The highest BCUT2D eigenvalue weighted by atomic mass is 32.2. The minimum absolute atomic E-state index is 0.147. The molecule has 164 valence electrons. The molecule has 1 saturated heterocycles. The summed E-state index contributed by atoms with van der Waals surface area (Å²) in [5, 5.41) is 12.6. The molecule has 30 heavy (non-hydrogen) atoms. The van der Waals surface area contributed by atoms with Crippen molar-refractivity contribution in [3.8, 4) is 0 Å². The monoisotopic (exact) mass is 459 g/mol. The van der Waals surface area contributed by atoms with Gasteiger partial charge >= 0.3 is 5.97 Å². The van der Waals surface area contributed by atoms with E-state index in [4.69, 9.17) is 4.55 Å². The van der Waals surface area contributed by atoms with Gasteiger partial charge in [0, 0.05) is 44.7 Å². The lowest BCUT2D eigenvalue weighted by molar-refractivity contribution is 0.0694. The predicted molar refractivity (Wildman–Crippen MR) is 113 cm³/mol. The molecule has 0 atom stereocenters. The second kappa shape index (κ2) is 8.92. The first-order chi connectivity index (χ1) is 14.1. The SMILES string of the molecule is CCS(=O)(=O)O.O=C(O)c1cn2c3c(c(N4CCNCC4)c(F)cc3c1=O)SCC2. The number of piperazine rings is 1. The van der Waals surface area contributed by atoms with E-state index in [9.17, 15) is 27.5 Å². The molecule has 9 nitrogen and oxygen atoms in total. The van der Waals surface area contributed by atoms with Crippen LogP contribution in [0.4, 0.5) is 10.1 Å². The quantitative estimate of drug-likeness (QED) is 0.581. The van der Waals surface area contributed by atoms with Gasteiger partial charge in [-0.05, 0) is 13.0 Å². The van der Waals surface area contributed by atoms with E-state index in [0.29, 0.717) is 36.6 Å². The second-order valence-electron chi connectivity index (χ2n) is 6.76. The van der Waals surface area contributed by atoms with Crippen molar-refractivity contribution in [2.24, 2.45) is 0 Å². The Morgan fingerprint density at radius 1 is 1.30 bits per heavy atom. The second-order valence-corrected chi connectivity index (χ2v) is 9.61. The molecule has 0 amide bonds. The van der Waals surface area contributed by atoms with Gasteiger partial charge in [-0.1, -0.05) is 0 Å². The van der Waals surface area contributed by atoms with Gasteiger partial charge in [-0.15, -0.1) is 11.8 Å². The van der Waals surface area contributed by atoms with Crippen LogP contribution in [-0.4, -0.2) is 66.3 Å². The first-order valence-corrected chi connectivity index (χ1v) is 11.9. The van der Waals surface area contributed by atoms with Crippen LogP contribution in [-0.2, 0) is 16.7 Å². The normalized spacial score (nSPS) is 16.2. The molecule has 4 rings (SSSR count). The molecule has 0 unspecified atom stereocenters. The van der Waals surface area contributed by atoms with Crippen molar-refractivity contribution < 1.29 is 27.3 Å². The number of halogens is 1. The molecule has 3 heterocycles. The first kappa shape index (κ1) is 22.5. The van der Waals surface area contributed by atoms with Crippen LogP contribution in [0.25, 0.3) is 10.9 Å². The Morgan fingerprint density at radius 3 is 2.50 bits per heavy atom. The number of rotatable bonds is 3. The Balaban J connectivity index is 0.000000377. The van der Waals surface area contributed by atoms with Crippen molar-refractivity contribution in [3.05, 3.63) is 33.9 Å². The fourth-order valence-corrected chi connectivity index (χ4v) is 4.60. The number of aromatic nitrogens is 1. The van der Waals surface area contributed by atoms with E-state index in [1.165, 1.54) is 30.9 Å². The summed E-state index contributed by atoms with van der Waals surface area (Å²) in [4.78, 5) is 26.5. The summed E-state index contributed by atoms with van der Waals surface area (Å²) < 4.78 is 43.5. The van der Waals surface area contributed by atoms with E-state index in [1.54, 1.807) is 4.57 Å². The van der Waals surface area contributed by atoms with Crippen molar-refractivity contribution >= 4 is 44.4 Å². The Bertz CT molecular complexity index is 1140. The van der Waals surface area contributed by atoms with Crippen LogP contribution in [0, 0.1) is 5.82 Å². The van der Waals surface area contributed by atoms with E-state index >= 15 is 0 Å². The summed E-state index contributed by atoms with van der Waals surface area (Å²) in [7, 11) is -3.66. The molecule has 0 bridgehead atoms. The number of aryl methyl sites for hydroxylation is 1. The number of carboxylic acids is 1. The highest BCUT2D eigenvalue weighted by Gasteiger charge is 2.27. The minimum atomic E-state index is -3.66. The third-order valence-corrected chi connectivity index (χ3v) is 6.64. The lowest BCUT2D eigenvalue weighted by Gasteiger charge is -2.33. The van der Waals surface area contributed by atoms with Crippen molar-refractivity contribution in [2.45, 2.75) is 18.4 Å². The zero-order chi connectivity index (χ0) is 22.1. The number of thioether (sulfide) groups is 1. The Hall–Kier alpha value is -2.15. The molecular formula is C18H22FN3O6S2. The average molecular weight is 460 g/mol. The Labute approximate surface area is 176 Å². The van der Waals surface area contributed by atoms with E-state index in [1.807, 2.05) is 4.90 Å². The van der Waals surface area contributed by atoms with Crippen LogP contribution in [0.5, 0.6) is 0 Å². The van der Waals surface area contributed by atoms with Crippen LogP contribution in [0.2, 0.25) is 0 Å². The molecule has 12 heteroatoms. The van der Waals surface area contributed by atoms with Gasteiger partial charge in [0.1, 0.15) is 11.4 Å². The van der Waals surface area contributed by atoms with Crippen LogP contribution in [0.15, 0.2) is 22.0 Å². The number of hydrogen-bond acceptors (Lipinski definition) is 7. The molecule has 1 fully saturated rings. The van der Waals surface area contributed by atoms with Crippen molar-refractivity contribution in [2.75, 3.05) is 42.6 Å². The van der Waals surface area contributed by atoms with Gasteiger partial charge in [0.25, 0.3) is 10.1 Å². The summed E-state index contributed by atoms with van der Waals surface area (Å²) in [6.45, 7) is 4.94. The van der Waals surface area contributed by atoms with Crippen LogP contribution in [0.3, 0.4) is 0 Å². The first-order valence-electron chi connectivity index (χ1n) is 9.30. The number of carbonyl (C=O) groups is 1. The number of pyridine rings is 1. The third-order valence-electron chi connectivity index (χ3n) is 4.85. The fourth-order valence-electron chi connectivity index (χ4n) is 3.38. The van der Waals surface area contributed by atoms with Gasteiger partial charge in [0.15, 0.2) is 0 Å². The Kier molecular flexibility index (Phi) is 6.70. The molecule has 3 N–H and O–H groups in total. The zero-order valence-corrected chi connectivity index (χ0v) is 17.9. The molecule has 0 aliphatic carbocycles. The summed E-state index contributed by atoms with van der Waals surface area (Å²) in [5.41, 5.74) is 0.249. The third kappa shape index (κ3) is 4.61.